The van der Waals surface area contributed by atoms with Crippen LogP contribution >= 0.6 is 0 Å². The average molecular weight is 290 g/mol. The Morgan fingerprint density at radius 2 is 2.05 bits per heavy atom. The molecule has 1 spiro atoms. The Kier molecular flexibility index (Phi) is 3.21. The lowest BCUT2D eigenvalue weighted by molar-refractivity contribution is -0.123. The van der Waals surface area contributed by atoms with Crippen LogP contribution in [0.4, 0.5) is 16.2 Å². The van der Waals surface area contributed by atoms with Crippen LogP contribution < -0.4 is 20.9 Å². The van der Waals surface area contributed by atoms with Crippen molar-refractivity contribution in [2.75, 3.05) is 23.3 Å². The highest BCUT2D eigenvalue weighted by Crippen LogP contribution is 2.29. The van der Waals surface area contributed by atoms with Gasteiger partial charge in [-0.2, -0.15) is 0 Å². The van der Waals surface area contributed by atoms with Gasteiger partial charge in [0.05, 0.1) is 6.54 Å². The van der Waals surface area contributed by atoms with Crippen LogP contribution in [0.2, 0.25) is 0 Å². The van der Waals surface area contributed by atoms with E-state index >= 15 is 0 Å². The summed E-state index contributed by atoms with van der Waals surface area (Å²) in [6, 6.07) is 7.19. The standard InChI is InChI=1S/C14H18N4O3/c1-9(19)15-10-2-4-11(5-3-10)18-7-6-14(8-18)12(20)16-13(21)17-14/h2-5,9,15,19H,6-8H2,1H3,(H2,16,17,20,21). The molecule has 0 aliphatic carbocycles. The summed E-state index contributed by atoms with van der Waals surface area (Å²) in [5, 5.41) is 17.2. The van der Waals surface area contributed by atoms with Gasteiger partial charge in [-0.1, -0.05) is 0 Å². The second-order valence-electron chi connectivity index (χ2n) is 5.53. The number of urea groups is 1. The lowest BCUT2D eigenvalue weighted by Crippen LogP contribution is -2.49. The average Bonchev–Trinajstić information content (AvgIpc) is 2.95. The van der Waals surface area contributed by atoms with Crippen molar-refractivity contribution in [2.24, 2.45) is 0 Å². The topological polar surface area (TPSA) is 93.7 Å². The highest BCUT2D eigenvalue weighted by molar-refractivity contribution is 6.07. The molecule has 21 heavy (non-hydrogen) atoms. The molecule has 2 unspecified atom stereocenters. The van der Waals surface area contributed by atoms with E-state index in [0.717, 1.165) is 11.4 Å². The smallest absolute Gasteiger partial charge is 0.322 e. The maximum Gasteiger partial charge on any atom is 0.322 e. The number of aliphatic hydroxyl groups is 1. The first-order valence-electron chi connectivity index (χ1n) is 6.92. The summed E-state index contributed by atoms with van der Waals surface area (Å²) in [6.07, 6.45) is -0.0126. The Hall–Kier alpha value is -2.28. The molecule has 0 radical (unpaired) electrons. The molecule has 4 N–H and O–H groups in total. The van der Waals surface area contributed by atoms with E-state index in [1.807, 2.05) is 24.3 Å². The third-order valence-electron chi connectivity index (χ3n) is 3.89. The summed E-state index contributed by atoms with van der Waals surface area (Å²) in [5.74, 6) is -0.248. The number of benzene rings is 1. The van der Waals surface area contributed by atoms with E-state index < -0.39 is 17.8 Å². The zero-order valence-corrected chi connectivity index (χ0v) is 11.7. The van der Waals surface area contributed by atoms with Crippen molar-refractivity contribution in [1.29, 1.82) is 0 Å². The molecule has 2 aliphatic heterocycles. The molecule has 3 rings (SSSR count). The van der Waals surface area contributed by atoms with Crippen molar-refractivity contribution in [3.63, 3.8) is 0 Å². The summed E-state index contributed by atoms with van der Waals surface area (Å²) in [6.45, 7) is 2.82. The first kappa shape index (κ1) is 13.7. The van der Waals surface area contributed by atoms with Crippen LogP contribution in [0.5, 0.6) is 0 Å². The van der Waals surface area contributed by atoms with Crippen LogP contribution in [0.25, 0.3) is 0 Å². The number of imide groups is 1. The lowest BCUT2D eigenvalue weighted by atomic mass is 9.99. The normalized spacial score (nSPS) is 25.9. The molecule has 2 saturated heterocycles. The highest BCUT2D eigenvalue weighted by Gasteiger charge is 2.50. The van der Waals surface area contributed by atoms with Gasteiger partial charge in [0.15, 0.2) is 0 Å². The molecule has 1 aromatic carbocycles. The van der Waals surface area contributed by atoms with Gasteiger partial charge < -0.3 is 20.6 Å². The molecule has 112 valence electrons. The van der Waals surface area contributed by atoms with Gasteiger partial charge in [-0.05, 0) is 37.6 Å². The maximum atomic E-state index is 11.9. The first-order valence-corrected chi connectivity index (χ1v) is 6.92. The number of rotatable bonds is 3. The van der Waals surface area contributed by atoms with E-state index in [2.05, 4.69) is 20.9 Å². The van der Waals surface area contributed by atoms with Crippen molar-refractivity contribution in [3.05, 3.63) is 24.3 Å². The summed E-state index contributed by atoms with van der Waals surface area (Å²) < 4.78 is 0. The molecular weight excluding hydrogens is 272 g/mol. The number of nitrogens with zero attached hydrogens (tertiary/aromatic N) is 1. The Bertz CT molecular complexity index is 572. The van der Waals surface area contributed by atoms with Crippen LogP contribution in [0, 0.1) is 0 Å². The van der Waals surface area contributed by atoms with Gasteiger partial charge in [0, 0.05) is 17.9 Å². The SMILES string of the molecule is CC(O)Nc1ccc(N2CCC3(C2)NC(=O)NC3=O)cc1. The number of hydrogen-bond donors (Lipinski definition) is 4. The van der Waals surface area contributed by atoms with Gasteiger partial charge in [0.2, 0.25) is 0 Å². The van der Waals surface area contributed by atoms with E-state index in [1.165, 1.54) is 0 Å². The van der Waals surface area contributed by atoms with Gasteiger partial charge in [-0.15, -0.1) is 0 Å². The molecule has 1 aromatic rings. The van der Waals surface area contributed by atoms with E-state index in [-0.39, 0.29) is 5.91 Å². The van der Waals surface area contributed by atoms with E-state index in [9.17, 15) is 14.7 Å². The van der Waals surface area contributed by atoms with Crippen LogP contribution in [-0.2, 0) is 4.79 Å². The number of amides is 3. The number of carbonyl (C=O) groups is 2. The second kappa shape index (κ2) is 4.92. The Balaban J connectivity index is 1.72. The van der Waals surface area contributed by atoms with Gasteiger partial charge in [-0.25, -0.2) is 4.79 Å². The Morgan fingerprint density at radius 1 is 1.33 bits per heavy atom. The lowest BCUT2D eigenvalue weighted by Gasteiger charge is -2.22. The van der Waals surface area contributed by atoms with Crippen molar-refractivity contribution in [1.82, 2.24) is 10.6 Å². The number of hydrogen-bond acceptors (Lipinski definition) is 5. The molecule has 0 bridgehead atoms. The largest absolute Gasteiger partial charge is 0.374 e. The molecule has 2 heterocycles. The Morgan fingerprint density at radius 3 is 2.62 bits per heavy atom. The molecule has 7 heteroatoms. The molecular formula is C14H18N4O3. The van der Waals surface area contributed by atoms with Crippen molar-refractivity contribution in [2.45, 2.75) is 25.1 Å². The summed E-state index contributed by atoms with van der Waals surface area (Å²) in [4.78, 5) is 25.3. The van der Waals surface area contributed by atoms with E-state index in [4.69, 9.17) is 0 Å². The van der Waals surface area contributed by atoms with Crippen molar-refractivity contribution in [3.8, 4) is 0 Å². The molecule has 0 aromatic heterocycles. The predicted octanol–water partition coefficient (Wildman–Crippen LogP) is 0.225. The van der Waals surface area contributed by atoms with Gasteiger partial charge >= 0.3 is 6.03 Å². The zero-order valence-electron chi connectivity index (χ0n) is 11.7. The predicted molar refractivity (Wildman–Crippen MR) is 78.0 cm³/mol. The van der Waals surface area contributed by atoms with Gasteiger partial charge in [-0.3, -0.25) is 10.1 Å². The maximum absolute atomic E-state index is 11.9. The highest BCUT2D eigenvalue weighted by atomic mass is 16.3. The van der Waals surface area contributed by atoms with Crippen LogP contribution in [0.1, 0.15) is 13.3 Å². The number of anilines is 2. The fraction of sp³-hybridized carbons (Fsp3) is 0.429. The van der Waals surface area contributed by atoms with E-state index in [1.54, 1.807) is 6.92 Å². The van der Waals surface area contributed by atoms with Crippen LogP contribution in [-0.4, -0.2) is 41.9 Å². The van der Waals surface area contributed by atoms with Gasteiger partial charge in [0.1, 0.15) is 11.8 Å². The minimum absolute atomic E-state index is 0.248. The molecule has 7 nitrogen and oxygen atoms in total. The number of nitrogens with one attached hydrogen (secondary N) is 3. The third kappa shape index (κ3) is 2.52. The quantitative estimate of drug-likeness (QED) is 0.472. The second-order valence-corrected chi connectivity index (χ2v) is 5.53. The molecule has 2 atom stereocenters. The van der Waals surface area contributed by atoms with Crippen molar-refractivity contribution < 1.29 is 14.7 Å². The number of carbonyl (C=O) groups excluding carboxylic acids is 2. The minimum Gasteiger partial charge on any atom is -0.374 e. The Labute approximate surface area is 122 Å². The van der Waals surface area contributed by atoms with E-state index in [0.29, 0.717) is 19.5 Å². The third-order valence-corrected chi connectivity index (χ3v) is 3.89. The fourth-order valence-corrected chi connectivity index (χ4v) is 2.86. The summed E-state index contributed by atoms with van der Waals surface area (Å²) in [5.41, 5.74) is 1.01. The van der Waals surface area contributed by atoms with Crippen molar-refractivity contribution >= 4 is 23.3 Å². The zero-order chi connectivity index (χ0) is 15.0. The van der Waals surface area contributed by atoms with Crippen LogP contribution in [0.15, 0.2) is 24.3 Å². The molecule has 2 fully saturated rings. The van der Waals surface area contributed by atoms with Gasteiger partial charge in [0.25, 0.3) is 5.91 Å². The summed E-state index contributed by atoms with van der Waals surface area (Å²) in [7, 11) is 0. The molecule has 0 saturated carbocycles. The van der Waals surface area contributed by atoms with Crippen LogP contribution in [0.3, 0.4) is 0 Å². The summed E-state index contributed by atoms with van der Waals surface area (Å²) >= 11 is 0. The number of aliphatic hydroxyl groups excluding tert-OH is 1. The molecule has 3 amide bonds. The first-order chi connectivity index (χ1) is 9.98. The monoisotopic (exact) mass is 290 g/mol. The fourth-order valence-electron chi connectivity index (χ4n) is 2.86. The minimum atomic E-state index is -0.798. The molecule has 2 aliphatic rings.